The first-order chi connectivity index (χ1) is 15.7. The summed E-state index contributed by atoms with van der Waals surface area (Å²) in [6.45, 7) is 2.81. The first-order valence-electron chi connectivity index (χ1n) is 10.0. The zero-order valence-corrected chi connectivity index (χ0v) is 17.9. The molecule has 13 heteroatoms. The van der Waals surface area contributed by atoms with E-state index in [9.17, 15) is 40.3 Å². The van der Waals surface area contributed by atoms with Gasteiger partial charge >= 0.3 is 18.4 Å². The predicted molar refractivity (Wildman–Crippen MR) is 105 cm³/mol. The number of amides is 2. The number of halogens is 7. The number of nitrogens with zero attached hydrogens (tertiary/aromatic N) is 4. The molecule has 1 atom stereocenters. The van der Waals surface area contributed by atoms with Crippen LogP contribution in [0.25, 0.3) is 0 Å². The fraction of sp³-hybridized carbons (Fsp3) is 0.429. The molecule has 6 nitrogen and oxygen atoms in total. The van der Waals surface area contributed by atoms with Gasteiger partial charge in [-0.3, -0.25) is 14.7 Å². The molecule has 0 N–H and O–H groups in total. The van der Waals surface area contributed by atoms with Crippen molar-refractivity contribution in [3.63, 3.8) is 0 Å². The highest BCUT2D eigenvalue weighted by Gasteiger charge is 2.42. The third-order valence-corrected chi connectivity index (χ3v) is 5.29. The van der Waals surface area contributed by atoms with Crippen molar-refractivity contribution in [1.29, 1.82) is 0 Å². The van der Waals surface area contributed by atoms with Crippen LogP contribution in [0.1, 0.15) is 30.7 Å². The summed E-state index contributed by atoms with van der Waals surface area (Å²) in [6, 6.07) is 0.255. The molecule has 1 aliphatic heterocycles. The summed E-state index contributed by atoms with van der Waals surface area (Å²) in [4.78, 5) is 34.7. The van der Waals surface area contributed by atoms with E-state index in [4.69, 9.17) is 0 Å². The molecule has 1 aliphatic rings. The number of alkyl halides is 6. The molecule has 0 aliphatic carbocycles. The van der Waals surface area contributed by atoms with Crippen LogP contribution in [0.15, 0.2) is 30.6 Å². The van der Waals surface area contributed by atoms with Gasteiger partial charge in [-0.2, -0.15) is 26.3 Å². The van der Waals surface area contributed by atoms with E-state index in [1.165, 1.54) is 0 Å². The first-order valence-corrected chi connectivity index (χ1v) is 10.0. The Morgan fingerprint density at radius 2 is 1.74 bits per heavy atom. The Morgan fingerprint density at radius 1 is 1.09 bits per heavy atom. The van der Waals surface area contributed by atoms with Crippen LogP contribution in [0, 0.1) is 11.7 Å². The van der Waals surface area contributed by atoms with Gasteiger partial charge in [0.2, 0.25) is 0 Å². The number of pyridine rings is 2. The van der Waals surface area contributed by atoms with E-state index in [0.29, 0.717) is 6.20 Å². The molecule has 0 unspecified atom stereocenters. The van der Waals surface area contributed by atoms with Crippen LogP contribution in [-0.4, -0.2) is 45.8 Å². The maximum Gasteiger partial charge on any atom is 0.417 e. The second-order valence-electron chi connectivity index (χ2n) is 8.11. The Kier molecular flexibility index (Phi) is 6.85. The maximum atomic E-state index is 14.4. The molecule has 0 bridgehead atoms. The topological polar surface area (TPSA) is 66.4 Å². The van der Waals surface area contributed by atoms with Gasteiger partial charge in [0.1, 0.15) is 0 Å². The van der Waals surface area contributed by atoms with E-state index >= 15 is 0 Å². The highest BCUT2D eigenvalue weighted by Crippen LogP contribution is 2.33. The second kappa shape index (κ2) is 9.18. The molecule has 0 radical (unpaired) electrons. The number of hydrogen-bond donors (Lipinski definition) is 0. The van der Waals surface area contributed by atoms with E-state index in [1.807, 2.05) is 0 Å². The summed E-state index contributed by atoms with van der Waals surface area (Å²) in [6.07, 6.45) is -8.59. The standard InChI is InChI=1S/C21H19F7N4O2/c1-11(2)17-10-32(18-16(22)6-13(8-30-18)21(26,27)28)19(34)31(17)9-15(33)7-14-5-12(3-4-29-14)20(23,24)25/h3-6,8,11,17H,7,9-10H2,1-2H3/t17-/m1/s1. The minimum Gasteiger partial charge on any atom is -0.312 e. The molecule has 3 rings (SSSR count). The van der Waals surface area contributed by atoms with E-state index in [2.05, 4.69) is 9.97 Å². The van der Waals surface area contributed by atoms with Crippen molar-refractivity contribution in [1.82, 2.24) is 14.9 Å². The average Bonchev–Trinajstić information content (AvgIpc) is 3.03. The van der Waals surface area contributed by atoms with Crippen LogP contribution in [0.2, 0.25) is 0 Å². The van der Waals surface area contributed by atoms with Crippen LogP contribution in [0.4, 0.5) is 41.3 Å². The zero-order chi connectivity index (χ0) is 25.4. The summed E-state index contributed by atoms with van der Waals surface area (Å²) in [5.74, 6) is -2.82. The molecule has 3 heterocycles. The first kappa shape index (κ1) is 25.4. The quantitative estimate of drug-likeness (QED) is 0.547. The Hall–Kier alpha value is -3.25. The Bertz CT molecular complexity index is 1090. The number of urea groups is 1. The summed E-state index contributed by atoms with van der Waals surface area (Å²) in [5, 5.41) is 0. The smallest absolute Gasteiger partial charge is 0.312 e. The van der Waals surface area contributed by atoms with Crippen molar-refractivity contribution in [2.75, 3.05) is 18.0 Å². The number of ketones is 1. The number of rotatable bonds is 6. The Balaban J connectivity index is 1.79. The van der Waals surface area contributed by atoms with Crippen molar-refractivity contribution < 1.29 is 40.3 Å². The molecule has 2 amide bonds. The summed E-state index contributed by atoms with van der Waals surface area (Å²) < 4.78 is 91.4. The molecular weight excluding hydrogens is 473 g/mol. The van der Waals surface area contributed by atoms with Crippen molar-refractivity contribution in [2.24, 2.45) is 5.92 Å². The van der Waals surface area contributed by atoms with Crippen LogP contribution in [0.3, 0.4) is 0 Å². The van der Waals surface area contributed by atoms with Gasteiger partial charge in [0, 0.05) is 18.1 Å². The van der Waals surface area contributed by atoms with Gasteiger partial charge in [0.25, 0.3) is 0 Å². The lowest BCUT2D eigenvalue weighted by Crippen LogP contribution is -2.41. The molecule has 184 valence electrons. The van der Waals surface area contributed by atoms with Gasteiger partial charge in [-0.25, -0.2) is 14.2 Å². The monoisotopic (exact) mass is 492 g/mol. The molecule has 1 saturated heterocycles. The third kappa shape index (κ3) is 5.45. The van der Waals surface area contributed by atoms with Crippen molar-refractivity contribution >= 4 is 17.6 Å². The lowest BCUT2D eigenvalue weighted by molar-refractivity contribution is -0.138. The zero-order valence-electron chi connectivity index (χ0n) is 17.9. The van der Waals surface area contributed by atoms with Gasteiger partial charge in [0.05, 0.1) is 36.7 Å². The van der Waals surface area contributed by atoms with Gasteiger partial charge in [-0.1, -0.05) is 13.8 Å². The molecule has 34 heavy (non-hydrogen) atoms. The number of Topliss-reactive ketones (excluding diaryl/α,β-unsaturated/α-hetero) is 1. The predicted octanol–water partition coefficient (Wildman–Crippen LogP) is 4.73. The fourth-order valence-electron chi connectivity index (χ4n) is 3.58. The van der Waals surface area contributed by atoms with Crippen LogP contribution in [-0.2, 0) is 23.6 Å². The SMILES string of the molecule is CC(C)[C@H]1CN(c2ncc(C(F)(F)F)cc2F)C(=O)N1CC(=O)Cc1cc(C(F)(F)F)ccn1. The van der Waals surface area contributed by atoms with Gasteiger partial charge in [-0.05, 0) is 24.1 Å². The molecule has 0 spiro atoms. The van der Waals surface area contributed by atoms with Gasteiger partial charge < -0.3 is 4.90 Å². The fourth-order valence-corrected chi connectivity index (χ4v) is 3.58. The number of aromatic nitrogens is 2. The van der Waals surface area contributed by atoms with E-state index in [1.54, 1.807) is 13.8 Å². The largest absolute Gasteiger partial charge is 0.417 e. The maximum absolute atomic E-state index is 14.4. The molecule has 0 aromatic carbocycles. The highest BCUT2D eigenvalue weighted by atomic mass is 19.4. The lowest BCUT2D eigenvalue weighted by atomic mass is 10.0. The molecule has 2 aromatic rings. The average molecular weight is 492 g/mol. The van der Waals surface area contributed by atoms with E-state index < -0.39 is 65.9 Å². The van der Waals surface area contributed by atoms with Gasteiger partial charge in [-0.15, -0.1) is 0 Å². The summed E-state index contributed by atoms with van der Waals surface area (Å²) in [5.41, 5.74) is -2.43. The van der Waals surface area contributed by atoms with Crippen LogP contribution in [0.5, 0.6) is 0 Å². The lowest BCUT2D eigenvalue weighted by Gasteiger charge is -2.25. The van der Waals surface area contributed by atoms with E-state index in [0.717, 1.165) is 28.1 Å². The third-order valence-electron chi connectivity index (χ3n) is 5.29. The normalized spacial score (nSPS) is 17.1. The van der Waals surface area contributed by atoms with Gasteiger partial charge in [0.15, 0.2) is 17.4 Å². The molecule has 2 aromatic heterocycles. The second-order valence-corrected chi connectivity index (χ2v) is 8.11. The number of hydrogen-bond acceptors (Lipinski definition) is 4. The minimum absolute atomic E-state index is 0.138. The molecule has 0 saturated carbocycles. The molecular formula is C21H19F7N4O2. The Labute approximate surface area is 189 Å². The Morgan fingerprint density at radius 3 is 2.29 bits per heavy atom. The van der Waals surface area contributed by atoms with Crippen LogP contribution < -0.4 is 4.90 Å². The van der Waals surface area contributed by atoms with Crippen LogP contribution >= 0.6 is 0 Å². The number of carbonyl (C=O) groups is 2. The summed E-state index contributed by atoms with van der Waals surface area (Å²) in [7, 11) is 0. The minimum atomic E-state index is -4.82. The van der Waals surface area contributed by atoms with E-state index in [-0.39, 0.29) is 24.2 Å². The van der Waals surface area contributed by atoms with Crippen molar-refractivity contribution in [3.8, 4) is 0 Å². The van der Waals surface area contributed by atoms with Crippen molar-refractivity contribution in [2.45, 2.75) is 38.7 Å². The number of anilines is 1. The summed E-state index contributed by atoms with van der Waals surface area (Å²) >= 11 is 0. The molecule has 1 fully saturated rings. The number of carbonyl (C=O) groups excluding carboxylic acids is 2. The van der Waals surface area contributed by atoms with Crippen molar-refractivity contribution in [3.05, 3.63) is 53.2 Å². The highest BCUT2D eigenvalue weighted by molar-refractivity contribution is 5.97.